The van der Waals surface area contributed by atoms with Crippen molar-refractivity contribution in [3.8, 4) is 0 Å². The molecule has 0 bridgehead atoms. The van der Waals surface area contributed by atoms with E-state index in [1.54, 1.807) is 26.0 Å². The van der Waals surface area contributed by atoms with E-state index >= 15 is 0 Å². The van der Waals surface area contributed by atoms with Crippen LogP contribution in [0, 0.1) is 13.8 Å². The Labute approximate surface area is 113 Å². The maximum absolute atomic E-state index is 12.3. The molecule has 1 rings (SSSR count). The quantitative estimate of drug-likeness (QED) is 0.628. The van der Waals surface area contributed by atoms with Gasteiger partial charge < -0.3 is 10.5 Å². The minimum Gasteiger partial charge on any atom is -0.468 e. The number of anilines is 1. The zero-order chi connectivity index (χ0) is 14.8. The van der Waals surface area contributed by atoms with Crippen LogP contribution in [0.15, 0.2) is 17.0 Å². The normalized spacial score (nSPS) is 13.1. The number of benzene rings is 1. The molecule has 19 heavy (non-hydrogen) atoms. The van der Waals surface area contributed by atoms with Crippen LogP contribution in [0.2, 0.25) is 0 Å². The molecule has 3 N–H and O–H groups in total. The molecule has 106 valence electrons. The van der Waals surface area contributed by atoms with Gasteiger partial charge >= 0.3 is 5.97 Å². The number of ether oxygens (including phenoxy) is 1. The van der Waals surface area contributed by atoms with Crippen molar-refractivity contribution >= 4 is 21.7 Å². The molecule has 0 aliphatic rings. The highest BCUT2D eigenvalue weighted by molar-refractivity contribution is 7.89. The van der Waals surface area contributed by atoms with E-state index in [2.05, 4.69) is 9.46 Å². The van der Waals surface area contributed by atoms with E-state index in [1.165, 1.54) is 14.0 Å². The molecule has 6 nitrogen and oxygen atoms in total. The number of esters is 1. The number of carbonyl (C=O) groups is 1. The summed E-state index contributed by atoms with van der Waals surface area (Å²) < 4.78 is 31.3. The van der Waals surface area contributed by atoms with Gasteiger partial charge in [-0.05, 0) is 38.0 Å². The van der Waals surface area contributed by atoms with Gasteiger partial charge in [0.15, 0.2) is 0 Å². The highest BCUT2D eigenvalue weighted by atomic mass is 32.2. The number of carbonyl (C=O) groups excluding carboxylic acids is 1. The fraction of sp³-hybridized carbons (Fsp3) is 0.417. The van der Waals surface area contributed by atoms with Crippen LogP contribution >= 0.6 is 0 Å². The van der Waals surface area contributed by atoms with Gasteiger partial charge in [-0.15, -0.1) is 0 Å². The lowest BCUT2D eigenvalue weighted by molar-refractivity contribution is -0.142. The lowest BCUT2D eigenvalue weighted by atomic mass is 10.1. The molecule has 1 unspecified atom stereocenters. The SMILES string of the molecule is COC(=O)C(C)NS(=O)(=O)c1c(C)ccc(N)c1C. The third-order valence-electron chi connectivity index (χ3n) is 2.80. The summed E-state index contributed by atoms with van der Waals surface area (Å²) >= 11 is 0. The van der Waals surface area contributed by atoms with Crippen molar-refractivity contribution in [1.82, 2.24) is 4.72 Å². The van der Waals surface area contributed by atoms with Crippen LogP contribution in [0.1, 0.15) is 18.1 Å². The number of hydrogen-bond acceptors (Lipinski definition) is 5. The molecule has 0 aliphatic heterocycles. The van der Waals surface area contributed by atoms with Crippen molar-refractivity contribution in [2.45, 2.75) is 31.7 Å². The number of nitrogens with two attached hydrogens (primary N) is 1. The number of aryl methyl sites for hydroxylation is 1. The van der Waals surface area contributed by atoms with Crippen molar-refractivity contribution < 1.29 is 17.9 Å². The largest absolute Gasteiger partial charge is 0.468 e. The Bertz CT molecular complexity index is 596. The van der Waals surface area contributed by atoms with Crippen molar-refractivity contribution in [2.75, 3.05) is 12.8 Å². The molecular formula is C12H18N2O4S. The molecule has 0 amide bonds. The minimum absolute atomic E-state index is 0.100. The summed E-state index contributed by atoms with van der Waals surface area (Å²) in [6.07, 6.45) is 0. The monoisotopic (exact) mass is 286 g/mol. The van der Waals surface area contributed by atoms with Crippen LogP contribution in [-0.2, 0) is 19.6 Å². The zero-order valence-corrected chi connectivity index (χ0v) is 12.2. The Morgan fingerprint density at radius 1 is 1.37 bits per heavy atom. The Balaban J connectivity index is 3.22. The molecule has 1 atom stereocenters. The van der Waals surface area contributed by atoms with Gasteiger partial charge in [0.1, 0.15) is 6.04 Å². The molecule has 1 aromatic carbocycles. The number of methoxy groups -OCH3 is 1. The first-order valence-corrected chi connectivity index (χ1v) is 7.15. The van der Waals surface area contributed by atoms with Crippen molar-refractivity contribution in [3.05, 3.63) is 23.3 Å². The number of hydrogen-bond donors (Lipinski definition) is 2. The Hall–Kier alpha value is -1.60. The highest BCUT2D eigenvalue weighted by Crippen LogP contribution is 2.24. The number of nitrogens with one attached hydrogen (secondary N) is 1. The average Bonchev–Trinajstić information content (AvgIpc) is 2.32. The molecule has 0 aromatic heterocycles. The fourth-order valence-corrected chi connectivity index (χ4v) is 3.46. The molecule has 0 fully saturated rings. The first-order chi connectivity index (χ1) is 8.70. The van der Waals surface area contributed by atoms with Crippen LogP contribution in [0.25, 0.3) is 0 Å². The van der Waals surface area contributed by atoms with Gasteiger partial charge in [0, 0.05) is 5.69 Å². The summed E-state index contributed by atoms with van der Waals surface area (Å²) in [6, 6.07) is 2.31. The maximum Gasteiger partial charge on any atom is 0.323 e. The average molecular weight is 286 g/mol. The van der Waals surface area contributed by atoms with Gasteiger partial charge in [0.05, 0.1) is 12.0 Å². The predicted molar refractivity (Wildman–Crippen MR) is 72.1 cm³/mol. The van der Waals surface area contributed by atoms with Crippen LogP contribution in [0.3, 0.4) is 0 Å². The van der Waals surface area contributed by atoms with Gasteiger partial charge in [-0.1, -0.05) is 6.07 Å². The topological polar surface area (TPSA) is 98.5 Å². The number of rotatable bonds is 4. The lowest BCUT2D eigenvalue weighted by Gasteiger charge is -2.16. The molecule has 0 saturated carbocycles. The van der Waals surface area contributed by atoms with Gasteiger partial charge in [-0.2, -0.15) is 4.72 Å². The summed E-state index contributed by atoms with van der Waals surface area (Å²) in [5.74, 6) is -0.650. The summed E-state index contributed by atoms with van der Waals surface area (Å²) in [5, 5.41) is 0. The number of sulfonamides is 1. The molecule has 0 saturated heterocycles. The van der Waals surface area contributed by atoms with Crippen LogP contribution in [0.5, 0.6) is 0 Å². The van der Waals surface area contributed by atoms with E-state index in [4.69, 9.17) is 5.73 Å². The highest BCUT2D eigenvalue weighted by Gasteiger charge is 2.26. The zero-order valence-electron chi connectivity index (χ0n) is 11.4. The van der Waals surface area contributed by atoms with E-state index in [9.17, 15) is 13.2 Å². The van der Waals surface area contributed by atoms with Crippen LogP contribution < -0.4 is 10.5 Å². The fourth-order valence-electron chi connectivity index (χ4n) is 1.77. The van der Waals surface area contributed by atoms with Crippen molar-refractivity contribution in [2.24, 2.45) is 0 Å². The van der Waals surface area contributed by atoms with E-state index in [0.717, 1.165) is 0 Å². The molecule has 0 heterocycles. The molecule has 1 aromatic rings. The minimum atomic E-state index is -3.83. The van der Waals surface area contributed by atoms with Crippen LogP contribution in [0.4, 0.5) is 5.69 Å². The van der Waals surface area contributed by atoms with Crippen molar-refractivity contribution in [1.29, 1.82) is 0 Å². The molecule has 0 aliphatic carbocycles. The Morgan fingerprint density at radius 2 is 1.95 bits per heavy atom. The van der Waals surface area contributed by atoms with Gasteiger partial charge in [-0.3, -0.25) is 4.79 Å². The predicted octanol–water partition coefficient (Wildman–Crippen LogP) is 0.725. The van der Waals surface area contributed by atoms with Gasteiger partial charge in [0.2, 0.25) is 10.0 Å². The lowest BCUT2D eigenvalue weighted by Crippen LogP contribution is -2.39. The van der Waals surface area contributed by atoms with E-state index in [1.807, 2.05) is 0 Å². The summed E-state index contributed by atoms with van der Waals surface area (Å²) in [4.78, 5) is 11.4. The summed E-state index contributed by atoms with van der Waals surface area (Å²) in [7, 11) is -2.63. The second kappa shape index (κ2) is 5.58. The second-order valence-electron chi connectivity index (χ2n) is 4.29. The second-order valence-corrected chi connectivity index (χ2v) is 5.94. The third-order valence-corrected chi connectivity index (χ3v) is 4.63. The number of nitrogen functional groups attached to an aromatic ring is 1. The standard InChI is InChI=1S/C12H18N2O4S/c1-7-5-6-10(13)8(2)11(7)19(16,17)14-9(3)12(15)18-4/h5-6,9,14H,13H2,1-4H3. The van der Waals surface area contributed by atoms with Gasteiger partial charge in [0.25, 0.3) is 0 Å². The Kier molecular flexibility index (Phi) is 4.54. The first-order valence-electron chi connectivity index (χ1n) is 5.66. The first kappa shape index (κ1) is 15.5. The van der Waals surface area contributed by atoms with Crippen LogP contribution in [-0.4, -0.2) is 27.5 Å². The third kappa shape index (κ3) is 3.24. The van der Waals surface area contributed by atoms with E-state index in [-0.39, 0.29) is 4.90 Å². The summed E-state index contributed by atoms with van der Waals surface area (Å²) in [5.41, 5.74) is 7.13. The van der Waals surface area contributed by atoms with Crippen molar-refractivity contribution in [3.63, 3.8) is 0 Å². The Morgan fingerprint density at radius 3 is 2.47 bits per heavy atom. The van der Waals surface area contributed by atoms with E-state index in [0.29, 0.717) is 16.8 Å². The maximum atomic E-state index is 12.3. The molecule has 7 heteroatoms. The van der Waals surface area contributed by atoms with Gasteiger partial charge in [-0.25, -0.2) is 8.42 Å². The molecule has 0 radical (unpaired) electrons. The molecule has 0 spiro atoms. The van der Waals surface area contributed by atoms with E-state index < -0.39 is 22.0 Å². The molecular weight excluding hydrogens is 268 g/mol. The smallest absolute Gasteiger partial charge is 0.323 e. The summed E-state index contributed by atoms with van der Waals surface area (Å²) in [6.45, 7) is 4.71.